The molecule has 2 aromatic carbocycles. The summed E-state index contributed by atoms with van der Waals surface area (Å²) in [6, 6.07) is 18.9. The Bertz CT molecular complexity index is 841. The number of aromatic nitrogens is 2. The van der Waals surface area contributed by atoms with Crippen molar-refractivity contribution in [3.63, 3.8) is 0 Å². The number of rotatable bonds is 6. The maximum atomic E-state index is 12.0. The second-order valence-corrected chi connectivity index (χ2v) is 6.81. The predicted molar refractivity (Wildman–Crippen MR) is 103 cm³/mol. The second-order valence-electron chi connectivity index (χ2n) is 5.26. The first-order valence-electron chi connectivity index (χ1n) is 7.76. The fraction of sp³-hybridized carbons (Fsp3) is 0.105. The summed E-state index contributed by atoms with van der Waals surface area (Å²) in [5.74, 6) is 0.608. The van der Waals surface area contributed by atoms with Crippen molar-refractivity contribution in [2.45, 2.75) is 11.4 Å². The van der Waals surface area contributed by atoms with E-state index in [9.17, 15) is 4.79 Å². The first-order chi connectivity index (χ1) is 12.2. The monoisotopic (exact) mass is 369 g/mol. The van der Waals surface area contributed by atoms with E-state index in [-0.39, 0.29) is 5.91 Å². The number of anilines is 1. The molecule has 0 saturated carbocycles. The Labute approximate surface area is 155 Å². The lowest BCUT2D eigenvalue weighted by Crippen LogP contribution is -2.12. The Hall–Kier alpha value is -2.37. The lowest BCUT2D eigenvalue weighted by atomic mass is 10.1. The van der Waals surface area contributed by atoms with Gasteiger partial charge in [-0.05, 0) is 30.3 Å². The fourth-order valence-electron chi connectivity index (χ4n) is 2.19. The summed E-state index contributed by atoms with van der Waals surface area (Å²) in [4.78, 5) is 20.5. The highest BCUT2D eigenvalue weighted by molar-refractivity contribution is 7.99. The highest BCUT2D eigenvalue weighted by Gasteiger charge is 2.05. The van der Waals surface area contributed by atoms with Crippen molar-refractivity contribution in [2.75, 3.05) is 11.1 Å². The molecule has 0 saturated heterocycles. The van der Waals surface area contributed by atoms with Crippen LogP contribution in [0.1, 0.15) is 6.42 Å². The number of halogens is 1. The van der Waals surface area contributed by atoms with Gasteiger partial charge in [-0.3, -0.25) is 4.79 Å². The lowest BCUT2D eigenvalue weighted by molar-refractivity contribution is -0.115. The van der Waals surface area contributed by atoms with Crippen LogP contribution >= 0.6 is 23.4 Å². The van der Waals surface area contributed by atoms with Gasteiger partial charge in [-0.1, -0.05) is 41.9 Å². The normalized spacial score (nSPS) is 10.4. The van der Waals surface area contributed by atoms with E-state index in [0.29, 0.717) is 17.2 Å². The molecule has 0 fully saturated rings. The Morgan fingerprint density at radius 1 is 1.04 bits per heavy atom. The van der Waals surface area contributed by atoms with Gasteiger partial charge in [0, 0.05) is 28.4 Å². The molecule has 4 nitrogen and oxygen atoms in total. The highest BCUT2D eigenvalue weighted by Crippen LogP contribution is 2.22. The summed E-state index contributed by atoms with van der Waals surface area (Å²) >= 11 is 7.37. The van der Waals surface area contributed by atoms with E-state index in [1.807, 2.05) is 36.4 Å². The van der Waals surface area contributed by atoms with Crippen molar-refractivity contribution >= 4 is 35.0 Å². The molecule has 1 amide bonds. The van der Waals surface area contributed by atoms with Crippen LogP contribution in [-0.4, -0.2) is 21.6 Å². The van der Waals surface area contributed by atoms with E-state index in [0.717, 1.165) is 22.0 Å². The molecule has 1 heterocycles. The van der Waals surface area contributed by atoms with Crippen LogP contribution in [0, 0.1) is 0 Å². The molecular formula is C19H16ClN3OS. The van der Waals surface area contributed by atoms with E-state index < -0.39 is 0 Å². The van der Waals surface area contributed by atoms with Crippen LogP contribution in [0.25, 0.3) is 11.3 Å². The van der Waals surface area contributed by atoms with Crippen LogP contribution in [0.4, 0.5) is 5.69 Å². The van der Waals surface area contributed by atoms with Crippen molar-refractivity contribution in [3.8, 4) is 11.3 Å². The van der Waals surface area contributed by atoms with Gasteiger partial charge in [0.2, 0.25) is 5.91 Å². The number of amides is 1. The number of carbonyl (C=O) groups is 1. The topological polar surface area (TPSA) is 54.9 Å². The zero-order chi connectivity index (χ0) is 17.5. The number of benzene rings is 2. The predicted octanol–water partition coefficient (Wildman–Crippen LogP) is 4.92. The van der Waals surface area contributed by atoms with Gasteiger partial charge in [0.05, 0.1) is 10.7 Å². The molecule has 1 aromatic heterocycles. The first-order valence-corrected chi connectivity index (χ1v) is 9.13. The van der Waals surface area contributed by atoms with Crippen LogP contribution in [0.15, 0.2) is 72.0 Å². The number of nitrogens with one attached hydrogen (secondary N) is 1. The number of thioether (sulfide) groups is 1. The standard InChI is InChI=1S/C19H16ClN3OS/c20-15-6-8-16(9-7-15)23-18(24)10-11-25-19-12-17(21-13-22-19)14-4-2-1-3-5-14/h1-9,12-13H,10-11H2,(H,23,24). The van der Waals surface area contributed by atoms with Gasteiger partial charge in [-0.2, -0.15) is 0 Å². The van der Waals surface area contributed by atoms with Crippen molar-refractivity contribution in [3.05, 3.63) is 72.0 Å². The average Bonchev–Trinajstić information content (AvgIpc) is 2.65. The Kier molecular flexibility index (Phi) is 6.04. The van der Waals surface area contributed by atoms with Crippen LogP contribution in [-0.2, 0) is 4.79 Å². The molecule has 0 aliphatic heterocycles. The quantitative estimate of drug-likeness (QED) is 0.495. The van der Waals surface area contributed by atoms with Crippen molar-refractivity contribution in [1.82, 2.24) is 9.97 Å². The molecule has 126 valence electrons. The largest absolute Gasteiger partial charge is 0.326 e. The third-order valence-electron chi connectivity index (χ3n) is 3.42. The Morgan fingerprint density at radius 2 is 1.80 bits per heavy atom. The molecule has 0 aliphatic carbocycles. The summed E-state index contributed by atoms with van der Waals surface area (Å²) in [5.41, 5.74) is 2.67. The fourth-order valence-corrected chi connectivity index (χ4v) is 3.13. The molecule has 25 heavy (non-hydrogen) atoms. The number of nitrogens with zero attached hydrogens (tertiary/aromatic N) is 2. The van der Waals surface area contributed by atoms with Crippen LogP contribution < -0.4 is 5.32 Å². The smallest absolute Gasteiger partial charge is 0.225 e. The van der Waals surface area contributed by atoms with Gasteiger partial charge in [-0.15, -0.1) is 11.8 Å². The molecule has 1 N–H and O–H groups in total. The SMILES string of the molecule is O=C(CCSc1cc(-c2ccccc2)ncn1)Nc1ccc(Cl)cc1. The first kappa shape index (κ1) is 17.5. The minimum absolute atomic E-state index is 0.0350. The van der Waals surface area contributed by atoms with Crippen molar-refractivity contribution < 1.29 is 4.79 Å². The van der Waals surface area contributed by atoms with Crippen LogP contribution in [0.3, 0.4) is 0 Å². The Morgan fingerprint density at radius 3 is 2.56 bits per heavy atom. The molecule has 3 rings (SSSR count). The lowest BCUT2D eigenvalue weighted by Gasteiger charge is -2.06. The molecule has 6 heteroatoms. The third-order valence-corrected chi connectivity index (χ3v) is 4.60. The summed E-state index contributed by atoms with van der Waals surface area (Å²) in [6.07, 6.45) is 1.95. The van der Waals surface area contributed by atoms with Gasteiger partial charge in [-0.25, -0.2) is 9.97 Å². The number of hydrogen-bond acceptors (Lipinski definition) is 4. The van der Waals surface area contributed by atoms with Gasteiger partial charge in [0.25, 0.3) is 0 Å². The molecule has 0 bridgehead atoms. The molecule has 0 spiro atoms. The summed E-state index contributed by atoms with van der Waals surface area (Å²) in [6.45, 7) is 0. The molecular weight excluding hydrogens is 354 g/mol. The maximum absolute atomic E-state index is 12.0. The van der Waals surface area contributed by atoms with Gasteiger partial charge in [0.1, 0.15) is 6.33 Å². The minimum atomic E-state index is -0.0350. The van der Waals surface area contributed by atoms with E-state index >= 15 is 0 Å². The Balaban J connectivity index is 1.52. The molecule has 3 aromatic rings. The molecule has 0 atom stereocenters. The minimum Gasteiger partial charge on any atom is -0.326 e. The van der Waals surface area contributed by atoms with E-state index in [4.69, 9.17) is 11.6 Å². The average molecular weight is 370 g/mol. The molecule has 0 radical (unpaired) electrons. The second kappa shape index (κ2) is 8.65. The zero-order valence-electron chi connectivity index (χ0n) is 13.4. The molecule has 0 aliphatic rings. The highest BCUT2D eigenvalue weighted by atomic mass is 35.5. The van der Waals surface area contributed by atoms with Crippen molar-refractivity contribution in [1.29, 1.82) is 0 Å². The van der Waals surface area contributed by atoms with Gasteiger partial charge < -0.3 is 5.32 Å². The van der Waals surface area contributed by atoms with E-state index in [2.05, 4.69) is 15.3 Å². The van der Waals surface area contributed by atoms with Crippen molar-refractivity contribution in [2.24, 2.45) is 0 Å². The van der Waals surface area contributed by atoms with E-state index in [1.54, 1.807) is 30.6 Å². The van der Waals surface area contributed by atoms with Crippen LogP contribution in [0.5, 0.6) is 0 Å². The van der Waals surface area contributed by atoms with Gasteiger partial charge in [0.15, 0.2) is 0 Å². The summed E-state index contributed by atoms with van der Waals surface area (Å²) in [7, 11) is 0. The zero-order valence-corrected chi connectivity index (χ0v) is 14.9. The number of hydrogen-bond donors (Lipinski definition) is 1. The van der Waals surface area contributed by atoms with Gasteiger partial charge >= 0.3 is 0 Å². The molecule has 0 unspecified atom stereocenters. The van der Waals surface area contributed by atoms with Crippen LogP contribution in [0.2, 0.25) is 5.02 Å². The summed E-state index contributed by atoms with van der Waals surface area (Å²) in [5, 5.41) is 4.35. The summed E-state index contributed by atoms with van der Waals surface area (Å²) < 4.78 is 0. The van der Waals surface area contributed by atoms with E-state index in [1.165, 1.54) is 11.8 Å². The maximum Gasteiger partial charge on any atom is 0.225 e. The number of carbonyl (C=O) groups excluding carboxylic acids is 1. The third kappa shape index (κ3) is 5.31.